The number of nitrogens with zero attached hydrogens (tertiary/aromatic N) is 5. The summed E-state index contributed by atoms with van der Waals surface area (Å²) >= 11 is 0. The van der Waals surface area contributed by atoms with Crippen LogP contribution in [0.4, 0.5) is 0 Å². The van der Waals surface area contributed by atoms with Gasteiger partial charge < -0.3 is 9.64 Å². The van der Waals surface area contributed by atoms with E-state index in [1.807, 2.05) is 9.58 Å². The first-order chi connectivity index (χ1) is 10.3. The molecule has 7 nitrogen and oxygen atoms in total. The van der Waals surface area contributed by atoms with Gasteiger partial charge in [0, 0.05) is 26.2 Å². The molecule has 2 fully saturated rings. The highest BCUT2D eigenvalue weighted by Gasteiger charge is 2.24. The standard InChI is InChI=1S/C14H23N5O2/c20-14(18-4-6-21-7-5-18)10-17-3-1-2-13(8-17)9-19-12-15-11-16-19/h11-13H,1-10H2. The molecule has 0 saturated carbocycles. The highest BCUT2D eigenvalue weighted by Crippen LogP contribution is 2.18. The van der Waals surface area contributed by atoms with Crippen LogP contribution in [0.1, 0.15) is 12.8 Å². The van der Waals surface area contributed by atoms with Crippen LogP contribution in [0.3, 0.4) is 0 Å². The van der Waals surface area contributed by atoms with Crippen molar-refractivity contribution in [1.82, 2.24) is 24.6 Å². The number of carbonyl (C=O) groups is 1. The summed E-state index contributed by atoms with van der Waals surface area (Å²) in [5.74, 6) is 0.789. The van der Waals surface area contributed by atoms with Crippen molar-refractivity contribution in [3.8, 4) is 0 Å². The van der Waals surface area contributed by atoms with Crippen molar-refractivity contribution in [3.05, 3.63) is 12.7 Å². The summed E-state index contributed by atoms with van der Waals surface area (Å²) in [6.45, 7) is 6.21. The first-order valence-electron chi connectivity index (χ1n) is 7.71. The lowest BCUT2D eigenvalue weighted by Gasteiger charge is -2.34. The third kappa shape index (κ3) is 4.01. The zero-order valence-electron chi connectivity index (χ0n) is 12.4. The SMILES string of the molecule is O=C(CN1CCCC(Cn2cncn2)C1)N1CCOCC1. The minimum atomic E-state index is 0.236. The van der Waals surface area contributed by atoms with Crippen LogP contribution in [0.25, 0.3) is 0 Å². The molecule has 0 aliphatic carbocycles. The first kappa shape index (κ1) is 14.5. The molecule has 0 aromatic carbocycles. The van der Waals surface area contributed by atoms with Crippen LogP contribution in [0.15, 0.2) is 12.7 Å². The lowest BCUT2D eigenvalue weighted by atomic mass is 9.98. The molecule has 116 valence electrons. The summed E-state index contributed by atoms with van der Waals surface area (Å²) in [5.41, 5.74) is 0. The molecule has 1 aromatic rings. The first-order valence-corrected chi connectivity index (χ1v) is 7.71. The van der Waals surface area contributed by atoms with Gasteiger partial charge in [0.05, 0.1) is 19.8 Å². The number of aromatic nitrogens is 3. The number of ether oxygens (including phenoxy) is 1. The Hall–Kier alpha value is -1.47. The molecule has 21 heavy (non-hydrogen) atoms. The van der Waals surface area contributed by atoms with Crippen molar-refractivity contribution in [3.63, 3.8) is 0 Å². The van der Waals surface area contributed by atoms with E-state index >= 15 is 0 Å². The van der Waals surface area contributed by atoms with Gasteiger partial charge in [0.15, 0.2) is 0 Å². The third-order valence-electron chi connectivity index (χ3n) is 4.24. The van der Waals surface area contributed by atoms with Gasteiger partial charge in [0.1, 0.15) is 12.7 Å². The Kier molecular flexibility index (Phi) is 4.82. The number of morpholine rings is 1. The van der Waals surface area contributed by atoms with E-state index in [1.54, 1.807) is 12.7 Å². The van der Waals surface area contributed by atoms with Crippen LogP contribution in [0, 0.1) is 5.92 Å². The molecule has 0 radical (unpaired) electrons. The summed E-state index contributed by atoms with van der Waals surface area (Å²) in [5, 5.41) is 4.17. The smallest absolute Gasteiger partial charge is 0.236 e. The number of likely N-dealkylation sites (tertiary alicyclic amines) is 1. The Labute approximate surface area is 124 Å². The normalized spacial score (nSPS) is 24.2. The van der Waals surface area contributed by atoms with Crippen molar-refractivity contribution in [2.45, 2.75) is 19.4 Å². The topological polar surface area (TPSA) is 63.5 Å². The van der Waals surface area contributed by atoms with E-state index in [2.05, 4.69) is 15.0 Å². The van der Waals surface area contributed by atoms with E-state index in [0.717, 1.165) is 39.1 Å². The quantitative estimate of drug-likeness (QED) is 0.772. The van der Waals surface area contributed by atoms with E-state index < -0.39 is 0 Å². The molecule has 1 amide bonds. The Bertz CT molecular complexity index is 444. The molecule has 2 aliphatic heterocycles. The van der Waals surface area contributed by atoms with Crippen LogP contribution in [-0.4, -0.2) is 76.4 Å². The van der Waals surface area contributed by atoms with Gasteiger partial charge in [0.2, 0.25) is 5.91 Å². The molecular weight excluding hydrogens is 270 g/mol. The van der Waals surface area contributed by atoms with Gasteiger partial charge in [-0.05, 0) is 25.3 Å². The predicted molar refractivity (Wildman–Crippen MR) is 76.6 cm³/mol. The van der Waals surface area contributed by atoms with Crippen molar-refractivity contribution >= 4 is 5.91 Å². The maximum Gasteiger partial charge on any atom is 0.236 e. The second-order valence-corrected chi connectivity index (χ2v) is 5.85. The van der Waals surface area contributed by atoms with Crippen LogP contribution in [0.2, 0.25) is 0 Å². The van der Waals surface area contributed by atoms with Crippen LogP contribution < -0.4 is 0 Å². The molecule has 1 aromatic heterocycles. The maximum absolute atomic E-state index is 12.3. The van der Waals surface area contributed by atoms with Crippen molar-refractivity contribution in [2.75, 3.05) is 45.9 Å². The summed E-state index contributed by atoms with van der Waals surface area (Å²) in [4.78, 5) is 20.5. The van der Waals surface area contributed by atoms with Gasteiger partial charge >= 0.3 is 0 Å². The molecule has 7 heteroatoms. The van der Waals surface area contributed by atoms with Crippen molar-refractivity contribution in [1.29, 1.82) is 0 Å². The van der Waals surface area contributed by atoms with Gasteiger partial charge in [-0.2, -0.15) is 5.10 Å². The monoisotopic (exact) mass is 293 g/mol. The fraction of sp³-hybridized carbons (Fsp3) is 0.786. The summed E-state index contributed by atoms with van der Waals surface area (Å²) in [6, 6.07) is 0. The third-order valence-corrected chi connectivity index (χ3v) is 4.24. The molecule has 0 spiro atoms. The van der Waals surface area contributed by atoms with Gasteiger partial charge in [-0.3, -0.25) is 14.4 Å². The van der Waals surface area contributed by atoms with E-state index in [0.29, 0.717) is 25.7 Å². The average Bonchev–Trinajstić information content (AvgIpc) is 3.01. The number of hydrogen-bond donors (Lipinski definition) is 0. The second kappa shape index (κ2) is 7.00. The molecule has 0 bridgehead atoms. The number of hydrogen-bond acceptors (Lipinski definition) is 5. The number of rotatable bonds is 4. The Morgan fingerprint density at radius 2 is 2.14 bits per heavy atom. The molecule has 2 aliphatic rings. The van der Waals surface area contributed by atoms with Gasteiger partial charge in [-0.1, -0.05) is 0 Å². The van der Waals surface area contributed by atoms with Crippen LogP contribution >= 0.6 is 0 Å². The zero-order chi connectivity index (χ0) is 14.5. The molecule has 3 rings (SSSR count). The molecule has 3 heterocycles. The highest BCUT2D eigenvalue weighted by atomic mass is 16.5. The second-order valence-electron chi connectivity index (χ2n) is 5.85. The van der Waals surface area contributed by atoms with E-state index in [9.17, 15) is 4.79 Å². The fourth-order valence-electron chi connectivity index (χ4n) is 3.14. The molecular formula is C14H23N5O2. The number of piperidine rings is 1. The predicted octanol–water partition coefficient (Wildman–Crippen LogP) is -0.151. The molecule has 1 atom stereocenters. The van der Waals surface area contributed by atoms with Gasteiger partial charge in [-0.15, -0.1) is 0 Å². The average molecular weight is 293 g/mol. The lowest BCUT2D eigenvalue weighted by Crippen LogP contribution is -2.48. The number of amides is 1. The van der Waals surface area contributed by atoms with E-state index in [-0.39, 0.29) is 5.91 Å². The Morgan fingerprint density at radius 3 is 2.90 bits per heavy atom. The number of carbonyl (C=O) groups excluding carboxylic acids is 1. The Balaban J connectivity index is 1.47. The summed E-state index contributed by atoms with van der Waals surface area (Å²) < 4.78 is 7.18. The van der Waals surface area contributed by atoms with Crippen LogP contribution in [0.5, 0.6) is 0 Å². The minimum absolute atomic E-state index is 0.236. The Morgan fingerprint density at radius 1 is 1.29 bits per heavy atom. The van der Waals surface area contributed by atoms with Crippen molar-refractivity contribution in [2.24, 2.45) is 5.92 Å². The van der Waals surface area contributed by atoms with Crippen LogP contribution in [-0.2, 0) is 16.1 Å². The van der Waals surface area contributed by atoms with E-state index in [4.69, 9.17) is 4.74 Å². The van der Waals surface area contributed by atoms with Gasteiger partial charge in [0.25, 0.3) is 0 Å². The van der Waals surface area contributed by atoms with Gasteiger partial charge in [-0.25, -0.2) is 4.98 Å². The van der Waals surface area contributed by atoms with E-state index in [1.165, 1.54) is 6.42 Å². The fourth-order valence-corrected chi connectivity index (χ4v) is 3.14. The minimum Gasteiger partial charge on any atom is -0.378 e. The molecule has 1 unspecified atom stereocenters. The summed E-state index contributed by atoms with van der Waals surface area (Å²) in [6.07, 6.45) is 5.68. The molecule has 0 N–H and O–H groups in total. The highest BCUT2D eigenvalue weighted by molar-refractivity contribution is 5.78. The lowest BCUT2D eigenvalue weighted by molar-refractivity contribution is -0.136. The maximum atomic E-state index is 12.3. The zero-order valence-corrected chi connectivity index (χ0v) is 12.4. The summed E-state index contributed by atoms with van der Waals surface area (Å²) in [7, 11) is 0. The largest absolute Gasteiger partial charge is 0.378 e. The van der Waals surface area contributed by atoms with Crippen molar-refractivity contribution < 1.29 is 9.53 Å². The molecule has 2 saturated heterocycles.